The number of benzene rings is 1. The van der Waals surface area contributed by atoms with Crippen molar-refractivity contribution in [2.45, 2.75) is 25.4 Å². The summed E-state index contributed by atoms with van der Waals surface area (Å²) in [6.45, 7) is 0.774. The van der Waals surface area contributed by atoms with E-state index in [1.54, 1.807) is 18.3 Å². The van der Waals surface area contributed by atoms with E-state index in [0.29, 0.717) is 0 Å². The molecule has 120 valence electrons. The van der Waals surface area contributed by atoms with E-state index in [4.69, 9.17) is 4.74 Å². The quantitative estimate of drug-likeness (QED) is 0.870. The number of pyridine rings is 1. The summed E-state index contributed by atoms with van der Waals surface area (Å²) in [7, 11) is 1.45. The van der Waals surface area contributed by atoms with Gasteiger partial charge in [0.05, 0.1) is 13.2 Å². The maximum Gasteiger partial charge on any atom is 0.293 e. The van der Waals surface area contributed by atoms with Gasteiger partial charge in [0.15, 0.2) is 5.75 Å². The second kappa shape index (κ2) is 6.69. The molecule has 0 spiro atoms. The van der Waals surface area contributed by atoms with Crippen molar-refractivity contribution < 1.29 is 9.53 Å². The average molecular weight is 312 g/mol. The Hall–Kier alpha value is -2.56. The number of nitrogens with zero attached hydrogens (tertiary/aromatic N) is 2. The standard InChI is InChI=1S/C18H20N2O3/c1-23-16-10-6-11-19(18(16)22)13-17(21)20-12-5-9-15(20)14-7-3-2-4-8-14/h2-4,6-8,10-11,15H,5,9,12-13H2,1H3/t15-/m1/s1. The lowest BCUT2D eigenvalue weighted by Gasteiger charge is -2.25. The molecule has 0 saturated carbocycles. The van der Waals surface area contributed by atoms with E-state index in [0.717, 1.165) is 24.9 Å². The van der Waals surface area contributed by atoms with E-state index in [1.807, 2.05) is 35.2 Å². The van der Waals surface area contributed by atoms with E-state index >= 15 is 0 Å². The first-order chi connectivity index (χ1) is 11.2. The fraction of sp³-hybridized carbons (Fsp3) is 0.333. The van der Waals surface area contributed by atoms with Gasteiger partial charge in [-0.1, -0.05) is 30.3 Å². The lowest BCUT2D eigenvalue weighted by Crippen LogP contribution is -2.36. The van der Waals surface area contributed by atoms with E-state index in [2.05, 4.69) is 0 Å². The Balaban J connectivity index is 1.79. The summed E-state index contributed by atoms with van der Waals surface area (Å²) in [5.74, 6) is 0.216. The highest BCUT2D eigenvalue weighted by Crippen LogP contribution is 2.31. The molecule has 0 radical (unpaired) electrons. The van der Waals surface area contributed by atoms with Gasteiger partial charge in [0, 0.05) is 12.7 Å². The highest BCUT2D eigenvalue weighted by molar-refractivity contribution is 5.77. The minimum Gasteiger partial charge on any atom is -0.491 e. The molecule has 0 N–H and O–H groups in total. The summed E-state index contributed by atoms with van der Waals surface area (Å²) < 4.78 is 6.43. The molecule has 1 amide bonds. The first-order valence-corrected chi connectivity index (χ1v) is 7.78. The first kappa shape index (κ1) is 15.3. The van der Waals surface area contributed by atoms with E-state index < -0.39 is 0 Å². The van der Waals surface area contributed by atoms with Gasteiger partial charge in [-0.2, -0.15) is 0 Å². The third-order valence-electron chi connectivity index (χ3n) is 4.27. The molecule has 0 aliphatic carbocycles. The molecule has 1 aromatic carbocycles. The van der Waals surface area contributed by atoms with Gasteiger partial charge >= 0.3 is 0 Å². The third kappa shape index (κ3) is 3.13. The minimum absolute atomic E-state index is 0.0355. The molecule has 0 bridgehead atoms. The lowest BCUT2D eigenvalue weighted by atomic mass is 10.0. The summed E-state index contributed by atoms with van der Waals surface area (Å²) in [4.78, 5) is 26.7. The number of amides is 1. The summed E-state index contributed by atoms with van der Waals surface area (Å²) in [6.07, 6.45) is 3.57. The Labute approximate surface area is 135 Å². The Kier molecular flexibility index (Phi) is 4.46. The Bertz CT molecular complexity index is 739. The van der Waals surface area contributed by atoms with Gasteiger partial charge in [-0.15, -0.1) is 0 Å². The molecule has 1 saturated heterocycles. The topological polar surface area (TPSA) is 51.5 Å². The summed E-state index contributed by atoms with van der Waals surface area (Å²) in [5.41, 5.74) is 0.871. The fourth-order valence-electron chi connectivity index (χ4n) is 3.12. The van der Waals surface area contributed by atoms with Gasteiger partial charge in [-0.05, 0) is 30.5 Å². The van der Waals surface area contributed by atoms with E-state index in [9.17, 15) is 9.59 Å². The van der Waals surface area contributed by atoms with Crippen LogP contribution in [0.4, 0.5) is 0 Å². The van der Waals surface area contributed by atoms with Crippen LogP contribution < -0.4 is 10.3 Å². The van der Waals surface area contributed by atoms with E-state index in [-0.39, 0.29) is 29.8 Å². The number of methoxy groups -OCH3 is 1. The second-order valence-electron chi connectivity index (χ2n) is 5.67. The molecule has 5 heteroatoms. The molecule has 2 aromatic rings. The van der Waals surface area contributed by atoms with Crippen molar-refractivity contribution in [3.05, 3.63) is 64.6 Å². The van der Waals surface area contributed by atoms with Crippen LogP contribution in [0.5, 0.6) is 5.75 Å². The first-order valence-electron chi connectivity index (χ1n) is 7.78. The SMILES string of the molecule is COc1cccn(CC(=O)N2CCC[C@@H]2c2ccccc2)c1=O. The Morgan fingerprint density at radius 3 is 2.74 bits per heavy atom. The number of carbonyl (C=O) groups is 1. The van der Waals surface area contributed by atoms with Crippen molar-refractivity contribution in [1.29, 1.82) is 0 Å². The number of likely N-dealkylation sites (tertiary alicyclic amines) is 1. The maximum atomic E-state index is 12.7. The van der Waals surface area contributed by atoms with Crippen molar-refractivity contribution in [3.8, 4) is 5.75 Å². The fourth-order valence-corrected chi connectivity index (χ4v) is 3.12. The van der Waals surface area contributed by atoms with Gasteiger partial charge in [0.2, 0.25) is 5.91 Å². The van der Waals surface area contributed by atoms with Crippen LogP contribution >= 0.6 is 0 Å². The molecular weight excluding hydrogens is 292 g/mol. The van der Waals surface area contributed by atoms with Crippen molar-refractivity contribution >= 4 is 5.91 Å². The van der Waals surface area contributed by atoms with Gasteiger partial charge < -0.3 is 14.2 Å². The van der Waals surface area contributed by atoms with Crippen LogP contribution in [0.2, 0.25) is 0 Å². The van der Waals surface area contributed by atoms with Crippen molar-refractivity contribution in [3.63, 3.8) is 0 Å². The summed E-state index contributed by atoms with van der Waals surface area (Å²) in [6, 6.07) is 13.5. The number of hydrogen-bond donors (Lipinski definition) is 0. The summed E-state index contributed by atoms with van der Waals surface area (Å²) in [5, 5.41) is 0. The predicted octanol–water partition coefficient (Wildman–Crippen LogP) is 2.22. The van der Waals surface area contributed by atoms with Crippen LogP contribution in [0, 0.1) is 0 Å². The normalized spacial score (nSPS) is 17.3. The van der Waals surface area contributed by atoms with Crippen molar-refractivity contribution in [2.24, 2.45) is 0 Å². The third-order valence-corrected chi connectivity index (χ3v) is 4.27. The number of ether oxygens (including phenoxy) is 1. The second-order valence-corrected chi connectivity index (χ2v) is 5.67. The molecule has 3 rings (SSSR count). The number of carbonyl (C=O) groups excluding carboxylic acids is 1. The summed E-state index contributed by atoms with van der Waals surface area (Å²) >= 11 is 0. The van der Waals surface area contributed by atoms with E-state index in [1.165, 1.54) is 11.7 Å². The van der Waals surface area contributed by atoms with Crippen LogP contribution in [0.15, 0.2) is 53.5 Å². The smallest absolute Gasteiger partial charge is 0.293 e. The van der Waals surface area contributed by atoms with Crippen LogP contribution in [0.3, 0.4) is 0 Å². The molecule has 1 atom stereocenters. The van der Waals surface area contributed by atoms with Gasteiger partial charge in [0.25, 0.3) is 5.56 Å². The minimum atomic E-state index is -0.279. The molecule has 1 aromatic heterocycles. The van der Waals surface area contributed by atoms with Crippen molar-refractivity contribution in [1.82, 2.24) is 9.47 Å². The molecular formula is C18H20N2O3. The van der Waals surface area contributed by atoms with Crippen LogP contribution in [-0.4, -0.2) is 29.0 Å². The molecule has 2 heterocycles. The van der Waals surface area contributed by atoms with Crippen LogP contribution in [0.25, 0.3) is 0 Å². The lowest BCUT2D eigenvalue weighted by molar-refractivity contribution is -0.132. The number of rotatable bonds is 4. The Morgan fingerprint density at radius 2 is 2.00 bits per heavy atom. The largest absolute Gasteiger partial charge is 0.491 e. The monoisotopic (exact) mass is 312 g/mol. The van der Waals surface area contributed by atoms with Crippen LogP contribution in [0.1, 0.15) is 24.4 Å². The highest BCUT2D eigenvalue weighted by atomic mass is 16.5. The molecule has 0 unspecified atom stereocenters. The number of hydrogen-bond acceptors (Lipinski definition) is 3. The zero-order valence-electron chi connectivity index (χ0n) is 13.1. The van der Waals surface area contributed by atoms with Gasteiger partial charge in [-0.25, -0.2) is 0 Å². The maximum absolute atomic E-state index is 12.7. The number of aromatic nitrogens is 1. The van der Waals surface area contributed by atoms with Gasteiger partial charge in [0.1, 0.15) is 6.54 Å². The molecule has 23 heavy (non-hydrogen) atoms. The predicted molar refractivity (Wildman–Crippen MR) is 87.4 cm³/mol. The molecule has 5 nitrogen and oxygen atoms in total. The van der Waals surface area contributed by atoms with Crippen molar-refractivity contribution in [2.75, 3.05) is 13.7 Å². The zero-order chi connectivity index (χ0) is 16.2. The molecule has 1 fully saturated rings. The van der Waals surface area contributed by atoms with Crippen LogP contribution in [-0.2, 0) is 11.3 Å². The average Bonchev–Trinajstić information content (AvgIpc) is 3.07. The Morgan fingerprint density at radius 1 is 1.22 bits per heavy atom. The zero-order valence-corrected chi connectivity index (χ0v) is 13.1. The highest BCUT2D eigenvalue weighted by Gasteiger charge is 2.29. The molecule has 1 aliphatic heterocycles. The molecule has 1 aliphatic rings. The van der Waals surface area contributed by atoms with Gasteiger partial charge in [-0.3, -0.25) is 9.59 Å².